The zero-order valence-electron chi connectivity index (χ0n) is 10.6. The molecule has 0 spiro atoms. The van der Waals surface area contributed by atoms with Gasteiger partial charge in [0, 0.05) is 6.42 Å². The van der Waals surface area contributed by atoms with Crippen LogP contribution in [0.4, 0.5) is 0 Å². The maximum atomic E-state index is 4.51. The molecular weight excluding hydrogens is 234 g/mol. The predicted octanol–water partition coefficient (Wildman–Crippen LogP) is 3.40. The van der Waals surface area contributed by atoms with Crippen LogP contribution in [0.1, 0.15) is 11.6 Å². The van der Waals surface area contributed by atoms with Crippen molar-refractivity contribution in [3.63, 3.8) is 0 Å². The van der Waals surface area contributed by atoms with Gasteiger partial charge in [0.25, 0.3) is 0 Å². The highest BCUT2D eigenvalue weighted by Gasteiger charge is 2.11. The van der Waals surface area contributed by atoms with Gasteiger partial charge in [-0.15, -0.1) is 6.58 Å². The summed E-state index contributed by atoms with van der Waals surface area (Å²) in [4.78, 5) is 1.75. The highest BCUT2D eigenvalue weighted by Crippen LogP contribution is 2.16. The van der Waals surface area contributed by atoms with Crippen LogP contribution in [-0.2, 0) is 6.42 Å². The average Bonchev–Trinajstić information content (AvgIpc) is 2.89. The van der Waals surface area contributed by atoms with Gasteiger partial charge in [0.05, 0.1) is 6.04 Å². The first-order valence-corrected chi connectivity index (χ1v) is 6.35. The van der Waals surface area contributed by atoms with Gasteiger partial charge in [-0.05, 0) is 17.7 Å². The summed E-state index contributed by atoms with van der Waals surface area (Å²) in [6.45, 7) is 3.90. The number of fused-ring (bicyclic) bond motifs is 1. The summed E-state index contributed by atoms with van der Waals surface area (Å²) in [5, 5.41) is 9.03. The van der Waals surface area contributed by atoms with Gasteiger partial charge in [-0.3, -0.25) is 0 Å². The zero-order chi connectivity index (χ0) is 13.1. The quantitative estimate of drug-likeness (QED) is 0.663. The van der Waals surface area contributed by atoms with E-state index in [0.717, 1.165) is 17.5 Å². The van der Waals surface area contributed by atoms with E-state index in [1.54, 1.807) is 4.80 Å². The van der Waals surface area contributed by atoms with Gasteiger partial charge in [0.1, 0.15) is 11.0 Å². The maximum absolute atomic E-state index is 4.51. The van der Waals surface area contributed by atoms with Crippen molar-refractivity contribution < 1.29 is 0 Å². The van der Waals surface area contributed by atoms with Crippen molar-refractivity contribution in [2.75, 3.05) is 0 Å². The molecule has 0 aliphatic heterocycles. The number of rotatable bonds is 4. The monoisotopic (exact) mass is 249 g/mol. The van der Waals surface area contributed by atoms with Crippen LogP contribution in [0, 0.1) is 0 Å². The van der Waals surface area contributed by atoms with Crippen molar-refractivity contribution >= 4 is 11.0 Å². The molecule has 0 fully saturated rings. The number of allylic oxidation sites excluding steroid dienone is 1. The molecule has 0 bridgehead atoms. The largest absolute Gasteiger partial charge is 0.176 e. The SMILES string of the molecule is C=CC(Cc1ccccc1)n1nc2ccccc2n1. The summed E-state index contributed by atoms with van der Waals surface area (Å²) in [6, 6.07) is 18.3. The zero-order valence-corrected chi connectivity index (χ0v) is 10.6. The van der Waals surface area contributed by atoms with E-state index in [-0.39, 0.29) is 6.04 Å². The van der Waals surface area contributed by atoms with Crippen molar-refractivity contribution in [1.82, 2.24) is 15.0 Å². The summed E-state index contributed by atoms with van der Waals surface area (Å²) >= 11 is 0. The first-order chi connectivity index (χ1) is 9.36. The first-order valence-electron chi connectivity index (χ1n) is 6.35. The van der Waals surface area contributed by atoms with E-state index in [9.17, 15) is 0 Å². The summed E-state index contributed by atoms with van der Waals surface area (Å²) in [6.07, 6.45) is 2.75. The van der Waals surface area contributed by atoms with Gasteiger partial charge in [-0.1, -0.05) is 48.5 Å². The second-order valence-electron chi connectivity index (χ2n) is 4.50. The Bertz CT molecular complexity index is 652. The third-order valence-electron chi connectivity index (χ3n) is 3.16. The summed E-state index contributed by atoms with van der Waals surface area (Å²) in [7, 11) is 0. The molecule has 3 aromatic rings. The minimum absolute atomic E-state index is 0.0785. The van der Waals surface area contributed by atoms with Gasteiger partial charge in [0.15, 0.2) is 0 Å². The minimum atomic E-state index is 0.0785. The third-order valence-corrected chi connectivity index (χ3v) is 3.16. The van der Waals surface area contributed by atoms with E-state index in [4.69, 9.17) is 0 Å². The van der Waals surface area contributed by atoms with Gasteiger partial charge in [-0.2, -0.15) is 15.0 Å². The number of hydrogen-bond donors (Lipinski definition) is 0. The van der Waals surface area contributed by atoms with Gasteiger partial charge >= 0.3 is 0 Å². The van der Waals surface area contributed by atoms with Crippen LogP contribution < -0.4 is 0 Å². The second-order valence-corrected chi connectivity index (χ2v) is 4.50. The topological polar surface area (TPSA) is 30.7 Å². The number of hydrogen-bond acceptors (Lipinski definition) is 2. The van der Waals surface area contributed by atoms with E-state index >= 15 is 0 Å². The first kappa shape index (κ1) is 11.7. The van der Waals surface area contributed by atoms with E-state index in [1.165, 1.54) is 5.56 Å². The maximum Gasteiger partial charge on any atom is 0.113 e. The van der Waals surface area contributed by atoms with Crippen molar-refractivity contribution in [1.29, 1.82) is 0 Å². The Morgan fingerprint density at radius 2 is 1.53 bits per heavy atom. The van der Waals surface area contributed by atoms with E-state index in [2.05, 4.69) is 28.9 Å². The molecule has 1 atom stereocenters. The fraction of sp³-hybridized carbons (Fsp3) is 0.125. The van der Waals surface area contributed by atoms with Gasteiger partial charge in [-0.25, -0.2) is 0 Å². The lowest BCUT2D eigenvalue weighted by Gasteiger charge is -2.11. The molecule has 1 aromatic heterocycles. The predicted molar refractivity (Wildman–Crippen MR) is 76.9 cm³/mol. The molecule has 0 aliphatic carbocycles. The third kappa shape index (κ3) is 2.40. The smallest absolute Gasteiger partial charge is 0.113 e. The van der Waals surface area contributed by atoms with Crippen LogP contribution in [0.15, 0.2) is 67.3 Å². The molecule has 3 heteroatoms. The molecule has 0 aliphatic rings. The number of aromatic nitrogens is 3. The highest BCUT2D eigenvalue weighted by molar-refractivity contribution is 5.73. The number of nitrogens with zero attached hydrogens (tertiary/aromatic N) is 3. The Hall–Kier alpha value is -2.42. The van der Waals surface area contributed by atoms with Gasteiger partial charge in [0.2, 0.25) is 0 Å². The molecular formula is C16H15N3. The van der Waals surface area contributed by atoms with Crippen LogP contribution in [0.3, 0.4) is 0 Å². The minimum Gasteiger partial charge on any atom is -0.176 e. The fourth-order valence-corrected chi connectivity index (χ4v) is 2.14. The molecule has 0 saturated heterocycles. The molecule has 0 saturated carbocycles. The lowest BCUT2D eigenvalue weighted by Crippen LogP contribution is -2.12. The van der Waals surface area contributed by atoms with Gasteiger partial charge < -0.3 is 0 Å². The molecule has 3 nitrogen and oxygen atoms in total. The molecule has 94 valence electrons. The van der Waals surface area contributed by atoms with Crippen molar-refractivity contribution in [3.05, 3.63) is 72.8 Å². The molecule has 1 heterocycles. The molecule has 0 radical (unpaired) electrons. The molecule has 3 rings (SSSR count). The number of benzene rings is 2. The van der Waals surface area contributed by atoms with E-state index < -0.39 is 0 Å². The van der Waals surface area contributed by atoms with E-state index in [0.29, 0.717) is 0 Å². The molecule has 0 amide bonds. The summed E-state index contributed by atoms with van der Waals surface area (Å²) in [5.74, 6) is 0. The standard InChI is InChI=1S/C16H15N3/c1-2-14(12-13-8-4-3-5-9-13)19-17-15-10-6-7-11-16(15)18-19/h2-11,14H,1,12H2. The summed E-state index contributed by atoms with van der Waals surface area (Å²) in [5.41, 5.74) is 3.10. The molecule has 1 unspecified atom stereocenters. The van der Waals surface area contributed by atoms with Crippen LogP contribution in [0.25, 0.3) is 11.0 Å². The Morgan fingerprint density at radius 1 is 0.947 bits per heavy atom. The van der Waals surface area contributed by atoms with Crippen LogP contribution in [0.2, 0.25) is 0 Å². The normalized spacial score (nSPS) is 12.4. The molecule has 19 heavy (non-hydrogen) atoms. The van der Waals surface area contributed by atoms with E-state index in [1.807, 2.05) is 48.5 Å². The summed E-state index contributed by atoms with van der Waals surface area (Å²) < 4.78 is 0. The second kappa shape index (κ2) is 5.06. The van der Waals surface area contributed by atoms with Crippen LogP contribution in [0.5, 0.6) is 0 Å². The Morgan fingerprint density at radius 3 is 2.11 bits per heavy atom. The average molecular weight is 249 g/mol. The Kier molecular flexibility index (Phi) is 3.11. The Labute approximate surface area is 112 Å². The van der Waals surface area contributed by atoms with Crippen molar-refractivity contribution in [3.8, 4) is 0 Å². The van der Waals surface area contributed by atoms with Crippen molar-refractivity contribution in [2.24, 2.45) is 0 Å². The van der Waals surface area contributed by atoms with Crippen LogP contribution >= 0.6 is 0 Å². The lowest BCUT2D eigenvalue weighted by atomic mass is 10.1. The highest BCUT2D eigenvalue weighted by atomic mass is 15.5. The Balaban J connectivity index is 1.91. The van der Waals surface area contributed by atoms with Crippen LogP contribution in [-0.4, -0.2) is 15.0 Å². The molecule has 2 aromatic carbocycles. The lowest BCUT2D eigenvalue weighted by molar-refractivity contribution is 0.478. The fourth-order valence-electron chi connectivity index (χ4n) is 2.14. The van der Waals surface area contributed by atoms with Crippen molar-refractivity contribution in [2.45, 2.75) is 12.5 Å². The molecule has 0 N–H and O–H groups in total.